The number of rotatable bonds is 7. The van der Waals surface area contributed by atoms with E-state index in [0.29, 0.717) is 19.1 Å². The van der Waals surface area contributed by atoms with Crippen LogP contribution in [0.15, 0.2) is 0 Å². The van der Waals surface area contributed by atoms with Gasteiger partial charge < -0.3 is 15.0 Å². The minimum absolute atomic E-state index is 0.0135. The molecule has 146 valence electrons. The third-order valence-electron chi connectivity index (χ3n) is 4.62. The zero-order chi connectivity index (χ0) is 19.0. The second-order valence-corrected chi connectivity index (χ2v) is 8.15. The van der Waals surface area contributed by atoms with Crippen LogP contribution in [-0.4, -0.2) is 66.7 Å². The van der Waals surface area contributed by atoms with Crippen molar-refractivity contribution in [3.63, 3.8) is 0 Å². The first-order chi connectivity index (χ1) is 11.6. The molecule has 25 heavy (non-hydrogen) atoms. The summed E-state index contributed by atoms with van der Waals surface area (Å²) in [5.74, 6) is -0.277. The molecule has 0 aromatic heterocycles. The maximum atomic E-state index is 12.3. The molecule has 0 unspecified atom stereocenters. The highest BCUT2D eigenvalue weighted by Gasteiger charge is 2.24. The van der Waals surface area contributed by atoms with Crippen LogP contribution in [0.2, 0.25) is 0 Å². The lowest BCUT2D eigenvalue weighted by Gasteiger charge is -2.35. The van der Waals surface area contributed by atoms with Crippen molar-refractivity contribution in [3.05, 3.63) is 0 Å². The molecule has 1 N–H and O–H groups in total. The highest BCUT2D eigenvalue weighted by molar-refractivity contribution is 5.79. The molecule has 1 saturated heterocycles. The lowest BCUT2D eigenvalue weighted by Crippen LogP contribution is -2.45. The van der Waals surface area contributed by atoms with E-state index >= 15 is 0 Å². The Morgan fingerprint density at radius 1 is 1.32 bits per heavy atom. The van der Waals surface area contributed by atoms with Crippen molar-refractivity contribution in [2.24, 2.45) is 5.92 Å². The van der Waals surface area contributed by atoms with E-state index in [1.807, 2.05) is 27.7 Å². The smallest absolute Gasteiger partial charge is 0.410 e. The van der Waals surface area contributed by atoms with Crippen molar-refractivity contribution in [2.45, 2.75) is 71.9 Å². The zero-order valence-electron chi connectivity index (χ0n) is 16.9. The van der Waals surface area contributed by atoms with Gasteiger partial charge in [0.05, 0.1) is 5.92 Å². The van der Waals surface area contributed by atoms with Crippen LogP contribution in [0, 0.1) is 5.92 Å². The normalized spacial score (nSPS) is 20.0. The molecule has 1 rings (SSSR count). The number of ether oxygens (including phenoxy) is 1. The van der Waals surface area contributed by atoms with E-state index < -0.39 is 11.7 Å². The number of amides is 2. The average molecular weight is 356 g/mol. The van der Waals surface area contributed by atoms with Crippen molar-refractivity contribution in [1.82, 2.24) is 15.1 Å². The molecule has 6 heteroatoms. The van der Waals surface area contributed by atoms with Gasteiger partial charge in [-0.15, -0.1) is 0 Å². The quantitative estimate of drug-likeness (QED) is 0.763. The van der Waals surface area contributed by atoms with Gasteiger partial charge in [0.25, 0.3) is 0 Å². The van der Waals surface area contributed by atoms with Crippen LogP contribution < -0.4 is 5.32 Å². The summed E-state index contributed by atoms with van der Waals surface area (Å²) in [6.07, 6.45) is 4.61. The van der Waals surface area contributed by atoms with Crippen LogP contribution >= 0.6 is 0 Å². The van der Waals surface area contributed by atoms with Crippen molar-refractivity contribution < 1.29 is 14.3 Å². The highest BCUT2D eigenvalue weighted by Crippen LogP contribution is 2.18. The minimum Gasteiger partial charge on any atom is -0.444 e. The Kier molecular flexibility index (Phi) is 8.69. The molecule has 1 heterocycles. The van der Waals surface area contributed by atoms with E-state index in [2.05, 4.69) is 17.1 Å². The Hall–Kier alpha value is -1.30. The van der Waals surface area contributed by atoms with E-state index in [4.69, 9.17) is 4.74 Å². The fourth-order valence-electron chi connectivity index (χ4n) is 3.22. The summed E-state index contributed by atoms with van der Waals surface area (Å²) in [6.45, 7) is 12.6. The first kappa shape index (κ1) is 21.7. The van der Waals surface area contributed by atoms with E-state index in [9.17, 15) is 9.59 Å². The molecular weight excluding hydrogens is 318 g/mol. The summed E-state index contributed by atoms with van der Waals surface area (Å²) in [4.78, 5) is 28.2. The molecule has 0 aromatic rings. The van der Waals surface area contributed by atoms with E-state index in [0.717, 1.165) is 13.1 Å². The Balaban J connectivity index is 2.32. The monoisotopic (exact) mass is 355 g/mol. The number of hydrogen-bond acceptors (Lipinski definition) is 4. The molecule has 1 aliphatic rings. The third-order valence-corrected chi connectivity index (χ3v) is 4.62. The van der Waals surface area contributed by atoms with Gasteiger partial charge in [0.2, 0.25) is 5.91 Å². The van der Waals surface area contributed by atoms with Crippen LogP contribution in [0.4, 0.5) is 4.79 Å². The average Bonchev–Trinajstić information content (AvgIpc) is 2.53. The number of carbonyl (C=O) groups excluding carboxylic acids is 2. The van der Waals surface area contributed by atoms with Crippen LogP contribution in [-0.2, 0) is 9.53 Å². The first-order valence-corrected chi connectivity index (χ1v) is 9.60. The van der Waals surface area contributed by atoms with Gasteiger partial charge in [-0.2, -0.15) is 0 Å². The van der Waals surface area contributed by atoms with Gasteiger partial charge in [0.1, 0.15) is 5.60 Å². The summed E-state index contributed by atoms with van der Waals surface area (Å²) < 4.78 is 5.31. The maximum absolute atomic E-state index is 12.3. The molecule has 2 amide bonds. The minimum atomic E-state index is -0.527. The third kappa shape index (κ3) is 8.08. The van der Waals surface area contributed by atoms with Crippen LogP contribution in [0.5, 0.6) is 0 Å². The molecular formula is C19H37N3O3. The van der Waals surface area contributed by atoms with E-state index in [-0.39, 0.29) is 11.8 Å². The van der Waals surface area contributed by atoms with Gasteiger partial charge in [-0.1, -0.05) is 20.3 Å². The maximum Gasteiger partial charge on any atom is 0.410 e. The fraction of sp³-hybridized carbons (Fsp3) is 0.895. The molecule has 0 saturated carbocycles. The van der Waals surface area contributed by atoms with Gasteiger partial charge >= 0.3 is 6.09 Å². The summed E-state index contributed by atoms with van der Waals surface area (Å²) in [6, 6.07) is 0.654. The van der Waals surface area contributed by atoms with Crippen LogP contribution in [0.1, 0.15) is 60.3 Å². The Morgan fingerprint density at radius 3 is 2.60 bits per heavy atom. The van der Waals surface area contributed by atoms with Crippen molar-refractivity contribution in [3.8, 4) is 0 Å². The Bertz CT molecular complexity index is 434. The number of hydrogen-bond donors (Lipinski definition) is 1. The van der Waals surface area contributed by atoms with Crippen molar-refractivity contribution >= 4 is 12.0 Å². The van der Waals surface area contributed by atoms with Gasteiger partial charge in [-0.25, -0.2) is 4.79 Å². The standard InChI is InChI=1S/C19H37N3O3/c1-7-16-10-8-9-12-22(16)13-11-20-17(23)15(2)14-21(6)18(24)25-19(3,4)5/h15-16H,7-14H2,1-6H3,(H,20,23)/t15-,16+/m0/s1. The number of nitrogens with one attached hydrogen (secondary N) is 1. The lowest BCUT2D eigenvalue weighted by atomic mass is 10.0. The van der Waals surface area contributed by atoms with Crippen LogP contribution in [0.3, 0.4) is 0 Å². The molecule has 1 aliphatic heterocycles. The zero-order valence-corrected chi connectivity index (χ0v) is 16.9. The Labute approximate surface area is 153 Å². The fourth-order valence-corrected chi connectivity index (χ4v) is 3.22. The molecule has 0 aliphatic carbocycles. The van der Waals surface area contributed by atoms with Gasteiger partial charge in [-0.05, 0) is 46.6 Å². The topological polar surface area (TPSA) is 61.9 Å². The van der Waals surface area contributed by atoms with E-state index in [1.165, 1.54) is 30.6 Å². The predicted molar refractivity (Wildman–Crippen MR) is 101 cm³/mol. The second kappa shape index (κ2) is 10.00. The summed E-state index contributed by atoms with van der Waals surface area (Å²) in [7, 11) is 1.66. The molecule has 6 nitrogen and oxygen atoms in total. The number of likely N-dealkylation sites (tertiary alicyclic amines) is 1. The summed E-state index contributed by atoms with van der Waals surface area (Å²) in [5, 5.41) is 3.01. The first-order valence-electron chi connectivity index (χ1n) is 9.60. The number of carbonyl (C=O) groups is 2. The molecule has 0 radical (unpaired) electrons. The summed E-state index contributed by atoms with van der Waals surface area (Å²) in [5.41, 5.74) is -0.527. The predicted octanol–water partition coefficient (Wildman–Crippen LogP) is 2.87. The van der Waals surface area contributed by atoms with Crippen molar-refractivity contribution in [1.29, 1.82) is 0 Å². The number of piperidine rings is 1. The Morgan fingerprint density at radius 2 is 2.00 bits per heavy atom. The van der Waals surface area contributed by atoms with Crippen molar-refractivity contribution in [2.75, 3.05) is 33.2 Å². The van der Waals surface area contributed by atoms with Gasteiger partial charge in [0.15, 0.2) is 0 Å². The van der Waals surface area contributed by atoms with Gasteiger partial charge in [0, 0.05) is 32.7 Å². The number of nitrogens with zero attached hydrogens (tertiary/aromatic N) is 2. The molecule has 1 fully saturated rings. The van der Waals surface area contributed by atoms with Gasteiger partial charge in [-0.3, -0.25) is 9.69 Å². The highest BCUT2D eigenvalue weighted by atomic mass is 16.6. The van der Waals surface area contributed by atoms with E-state index in [1.54, 1.807) is 7.05 Å². The molecule has 0 aromatic carbocycles. The largest absolute Gasteiger partial charge is 0.444 e. The lowest BCUT2D eigenvalue weighted by molar-refractivity contribution is -0.124. The summed E-state index contributed by atoms with van der Waals surface area (Å²) >= 11 is 0. The molecule has 0 bridgehead atoms. The second-order valence-electron chi connectivity index (χ2n) is 8.15. The molecule has 0 spiro atoms. The van der Waals surface area contributed by atoms with Crippen LogP contribution in [0.25, 0.3) is 0 Å². The molecule has 2 atom stereocenters. The SMILES string of the molecule is CC[C@@H]1CCCCN1CCNC(=O)[C@@H](C)CN(C)C(=O)OC(C)(C)C.